The smallest absolute Gasteiger partial charge is 0.328 e. The van der Waals surface area contributed by atoms with Crippen molar-refractivity contribution >= 4 is 22.8 Å². The second-order valence-corrected chi connectivity index (χ2v) is 11.0. The molecule has 0 radical (unpaired) electrons. The van der Waals surface area contributed by atoms with Gasteiger partial charge in [-0.1, -0.05) is 19.1 Å². The van der Waals surface area contributed by atoms with Crippen LogP contribution in [0.4, 0.5) is 4.79 Å². The maximum Gasteiger partial charge on any atom is 0.328 e. The topological polar surface area (TPSA) is 89.1 Å². The fourth-order valence-electron chi connectivity index (χ4n) is 6.38. The number of imide groups is 1. The third-order valence-corrected chi connectivity index (χ3v) is 8.58. The first-order valence-corrected chi connectivity index (χ1v) is 13.1. The summed E-state index contributed by atoms with van der Waals surface area (Å²) in [5.74, 6) is 1.43. The van der Waals surface area contributed by atoms with Crippen molar-refractivity contribution in [2.75, 3.05) is 33.3 Å². The molecular weight excluding hydrogens is 468 g/mol. The van der Waals surface area contributed by atoms with E-state index in [-0.39, 0.29) is 17.7 Å². The summed E-state index contributed by atoms with van der Waals surface area (Å²) in [4.78, 5) is 37.1. The van der Waals surface area contributed by atoms with Crippen LogP contribution in [0.15, 0.2) is 42.5 Å². The molecule has 3 aromatic rings. The molecule has 2 aromatic carbocycles. The molecule has 2 N–H and O–H groups in total. The van der Waals surface area contributed by atoms with E-state index in [0.717, 1.165) is 65.3 Å². The molecule has 0 bridgehead atoms. The van der Waals surface area contributed by atoms with Crippen molar-refractivity contribution in [1.29, 1.82) is 0 Å². The monoisotopic (exact) mass is 502 g/mol. The number of urea groups is 1. The van der Waals surface area contributed by atoms with Gasteiger partial charge in [0.2, 0.25) is 0 Å². The van der Waals surface area contributed by atoms with Gasteiger partial charge in [0.05, 0.1) is 7.11 Å². The van der Waals surface area contributed by atoms with Crippen LogP contribution in [0, 0.1) is 5.92 Å². The van der Waals surface area contributed by atoms with Crippen LogP contribution in [0.1, 0.15) is 49.6 Å². The fourth-order valence-corrected chi connectivity index (χ4v) is 6.38. The molecular formula is C29H34N4O4. The van der Waals surface area contributed by atoms with Crippen molar-refractivity contribution in [3.63, 3.8) is 0 Å². The van der Waals surface area contributed by atoms with Gasteiger partial charge in [-0.25, -0.2) is 4.79 Å². The van der Waals surface area contributed by atoms with Crippen LogP contribution in [0.3, 0.4) is 0 Å². The highest BCUT2D eigenvalue weighted by atomic mass is 16.5. The Labute approximate surface area is 216 Å². The summed E-state index contributed by atoms with van der Waals surface area (Å²) in [6, 6.07) is 12.0. The van der Waals surface area contributed by atoms with E-state index in [1.165, 1.54) is 4.90 Å². The van der Waals surface area contributed by atoms with E-state index >= 15 is 0 Å². The standard InChI is InChI=1S/C29H34N4O4/c1-18-9-11-31(12-10-18)13-14-32-27(35)29(2)17-23-22-16-21(37-3)7-8-24(22)30-25(23)26(33(29)28(32)36)19-5-4-6-20(34)15-19/h4-8,15-16,18,26,30,34H,9-14,17H2,1-3H3. The van der Waals surface area contributed by atoms with Crippen LogP contribution >= 0.6 is 0 Å². The zero-order chi connectivity index (χ0) is 25.9. The van der Waals surface area contributed by atoms with Gasteiger partial charge in [-0.05, 0) is 80.2 Å². The lowest BCUT2D eigenvalue weighted by Gasteiger charge is -2.42. The minimum Gasteiger partial charge on any atom is -0.508 e. The Hall–Kier alpha value is -3.52. The van der Waals surface area contributed by atoms with Gasteiger partial charge >= 0.3 is 6.03 Å². The van der Waals surface area contributed by atoms with Crippen LogP contribution in [-0.2, 0) is 11.2 Å². The predicted octanol–water partition coefficient (Wildman–Crippen LogP) is 4.28. The van der Waals surface area contributed by atoms with Gasteiger partial charge in [-0.3, -0.25) is 14.6 Å². The Morgan fingerprint density at radius 1 is 1.11 bits per heavy atom. The van der Waals surface area contributed by atoms with Crippen LogP contribution < -0.4 is 4.74 Å². The van der Waals surface area contributed by atoms with E-state index in [2.05, 4.69) is 16.8 Å². The number of carbonyl (C=O) groups excluding carboxylic acids is 2. The highest BCUT2D eigenvalue weighted by molar-refractivity contribution is 6.08. The summed E-state index contributed by atoms with van der Waals surface area (Å²) in [5, 5.41) is 11.3. The number of benzene rings is 2. The minimum atomic E-state index is -1.03. The molecule has 0 saturated carbocycles. The molecule has 194 valence electrons. The van der Waals surface area contributed by atoms with Crippen LogP contribution in [-0.4, -0.2) is 75.6 Å². The SMILES string of the molecule is COc1ccc2[nH]c3c(c2c1)CC1(C)C(=O)N(CCN2CCC(C)CC2)C(=O)N1C3c1cccc(O)c1. The normalized spacial score (nSPS) is 24.6. The van der Waals surface area contributed by atoms with Crippen molar-refractivity contribution < 1.29 is 19.4 Å². The van der Waals surface area contributed by atoms with E-state index in [1.807, 2.05) is 31.2 Å². The van der Waals surface area contributed by atoms with Gasteiger partial charge in [0.25, 0.3) is 5.91 Å². The summed E-state index contributed by atoms with van der Waals surface area (Å²) < 4.78 is 5.48. The molecule has 6 rings (SSSR count). The van der Waals surface area contributed by atoms with Crippen LogP contribution in [0.25, 0.3) is 10.9 Å². The molecule has 37 heavy (non-hydrogen) atoms. The quantitative estimate of drug-likeness (QED) is 0.509. The third-order valence-electron chi connectivity index (χ3n) is 8.58. The van der Waals surface area contributed by atoms with Gasteiger partial charge in [0.1, 0.15) is 23.1 Å². The second-order valence-electron chi connectivity index (χ2n) is 11.0. The first-order valence-electron chi connectivity index (χ1n) is 13.1. The number of piperidine rings is 1. The Morgan fingerprint density at radius 2 is 1.89 bits per heavy atom. The molecule has 2 saturated heterocycles. The molecule has 3 aliphatic heterocycles. The second kappa shape index (κ2) is 8.80. The summed E-state index contributed by atoms with van der Waals surface area (Å²) in [6.45, 7) is 7.24. The predicted molar refractivity (Wildman–Crippen MR) is 141 cm³/mol. The molecule has 0 aliphatic carbocycles. The Morgan fingerprint density at radius 3 is 2.62 bits per heavy atom. The zero-order valence-corrected chi connectivity index (χ0v) is 21.7. The van der Waals surface area contributed by atoms with Crippen LogP contribution in [0.5, 0.6) is 11.5 Å². The number of carbonyl (C=O) groups is 2. The van der Waals surface area contributed by atoms with Gasteiger partial charge in [-0.15, -0.1) is 0 Å². The highest BCUT2D eigenvalue weighted by Gasteiger charge is 2.60. The number of methoxy groups -OCH3 is 1. The van der Waals surface area contributed by atoms with E-state index < -0.39 is 11.6 Å². The van der Waals surface area contributed by atoms with Gasteiger partial charge in [-0.2, -0.15) is 0 Å². The summed E-state index contributed by atoms with van der Waals surface area (Å²) >= 11 is 0. The number of amides is 3. The lowest BCUT2D eigenvalue weighted by molar-refractivity contribution is -0.133. The third kappa shape index (κ3) is 3.77. The molecule has 1 aromatic heterocycles. The number of rotatable bonds is 5. The largest absolute Gasteiger partial charge is 0.508 e. The molecule has 8 nitrogen and oxygen atoms in total. The van der Waals surface area contributed by atoms with Gasteiger partial charge in [0, 0.05) is 36.1 Å². The van der Waals surface area contributed by atoms with Gasteiger partial charge < -0.3 is 19.7 Å². The number of aromatic nitrogens is 1. The number of fused-ring (bicyclic) bond motifs is 4. The number of phenols is 1. The minimum absolute atomic E-state index is 0.123. The lowest BCUT2D eigenvalue weighted by atomic mass is 9.81. The number of hydrogen-bond acceptors (Lipinski definition) is 5. The summed E-state index contributed by atoms with van der Waals surface area (Å²) in [7, 11) is 1.64. The number of H-pyrrole nitrogens is 1. The Kier molecular flexibility index (Phi) is 5.67. The van der Waals surface area contributed by atoms with Crippen molar-refractivity contribution in [1.82, 2.24) is 19.7 Å². The molecule has 2 atom stereocenters. The first-order chi connectivity index (χ1) is 17.8. The van der Waals surface area contributed by atoms with E-state index in [0.29, 0.717) is 19.5 Å². The number of nitrogens with zero attached hydrogens (tertiary/aromatic N) is 3. The molecule has 8 heteroatoms. The van der Waals surface area contributed by atoms with Crippen LogP contribution in [0.2, 0.25) is 0 Å². The molecule has 2 fully saturated rings. The first kappa shape index (κ1) is 23.9. The van der Waals surface area contributed by atoms with E-state index in [4.69, 9.17) is 4.74 Å². The average molecular weight is 503 g/mol. The summed E-state index contributed by atoms with van der Waals surface area (Å²) in [5.41, 5.74) is 2.54. The molecule has 2 unspecified atom stereocenters. The van der Waals surface area contributed by atoms with Crippen molar-refractivity contribution in [2.45, 2.75) is 44.7 Å². The Bertz CT molecular complexity index is 1380. The number of aromatic amines is 1. The van der Waals surface area contributed by atoms with E-state index in [9.17, 15) is 14.7 Å². The average Bonchev–Trinajstić information content (AvgIpc) is 3.33. The Balaban J connectivity index is 1.42. The molecule has 4 heterocycles. The number of phenolic OH excluding ortho intramolecular Hbond substituents is 1. The highest BCUT2D eigenvalue weighted by Crippen LogP contribution is 2.49. The number of nitrogens with one attached hydrogen (secondary N) is 1. The maximum atomic E-state index is 14.0. The van der Waals surface area contributed by atoms with Crippen molar-refractivity contribution in [3.05, 3.63) is 59.3 Å². The number of likely N-dealkylation sites (tertiary alicyclic amines) is 1. The zero-order valence-electron chi connectivity index (χ0n) is 21.7. The van der Waals surface area contributed by atoms with E-state index in [1.54, 1.807) is 30.2 Å². The lowest BCUT2D eigenvalue weighted by Crippen LogP contribution is -2.53. The number of ether oxygens (including phenoxy) is 1. The number of hydrogen-bond donors (Lipinski definition) is 2. The van der Waals surface area contributed by atoms with Crippen molar-refractivity contribution in [2.24, 2.45) is 5.92 Å². The maximum absolute atomic E-state index is 14.0. The molecule has 3 aliphatic rings. The van der Waals surface area contributed by atoms with Gasteiger partial charge in [0.15, 0.2) is 0 Å². The summed E-state index contributed by atoms with van der Waals surface area (Å²) in [6.07, 6.45) is 2.71. The van der Waals surface area contributed by atoms with Crippen molar-refractivity contribution in [3.8, 4) is 11.5 Å². The molecule has 0 spiro atoms. The fraction of sp³-hybridized carbons (Fsp3) is 0.448. The number of aromatic hydroxyl groups is 1. The molecule has 3 amide bonds.